The Morgan fingerprint density at radius 1 is 0.900 bits per heavy atom. The molecule has 4 N–H and O–H groups in total. The number of halogens is 3. The topological polar surface area (TPSA) is 94.2 Å². The quantitative estimate of drug-likeness (QED) is 0.193. The van der Waals surface area contributed by atoms with E-state index in [0.717, 1.165) is 30.2 Å². The highest BCUT2D eigenvalue weighted by Gasteiger charge is 2.24. The molecule has 0 bridgehead atoms. The Bertz CT molecular complexity index is 1470. The molecule has 0 radical (unpaired) electrons. The van der Waals surface area contributed by atoms with Crippen molar-refractivity contribution in [3.63, 3.8) is 0 Å². The molecule has 0 aliphatic carbocycles. The van der Waals surface area contributed by atoms with Crippen molar-refractivity contribution >= 4 is 11.7 Å². The standard InChI is InChI=1S/C31H30F3N3O3/c1-2-19-6-5-7-20(10-19)16-35-18-29(38)27(13-21-11-23(32)15-24(33)12-21)37-31(40)28-14-22(17-36-28)30(39)25-8-3-4-9-26(25)34/h3-12,14-15,17,27,29,35-36,38H,2,13,16,18H2,1H3,(H,37,40)/t27-,29-/m0/s1. The number of aromatic amines is 1. The molecule has 4 rings (SSSR count). The number of amides is 1. The zero-order valence-electron chi connectivity index (χ0n) is 21.9. The molecule has 4 aromatic rings. The summed E-state index contributed by atoms with van der Waals surface area (Å²) in [6.45, 7) is 2.61. The van der Waals surface area contributed by atoms with Crippen molar-refractivity contribution in [2.45, 2.75) is 38.5 Å². The van der Waals surface area contributed by atoms with Gasteiger partial charge in [0, 0.05) is 30.9 Å². The number of benzene rings is 3. The summed E-state index contributed by atoms with van der Waals surface area (Å²) < 4.78 is 41.7. The van der Waals surface area contributed by atoms with Crippen LogP contribution in [0.25, 0.3) is 0 Å². The van der Waals surface area contributed by atoms with Gasteiger partial charge in [-0.05, 0) is 59.9 Å². The SMILES string of the molecule is CCc1cccc(CNC[C@H](O)[C@H](Cc2cc(F)cc(F)c2)NC(=O)c2cc(C(=O)c3ccccc3F)c[nH]2)c1. The van der Waals surface area contributed by atoms with Crippen LogP contribution in [0.2, 0.25) is 0 Å². The minimum absolute atomic E-state index is 0.00616. The van der Waals surface area contributed by atoms with Gasteiger partial charge in [0.1, 0.15) is 23.1 Å². The first-order valence-corrected chi connectivity index (χ1v) is 12.9. The number of rotatable bonds is 12. The van der Waals surface area contributed by atoms with E-state index in [-0.39, 0.29) is 35.3 Å². The van der Waals surface area contributed by atoms with Crippen LogP contribution >= 0.6 is 0 Å². The molecule has 0 saturated carbocycles. The Hall–Kier alpha value is -4.21. The van der Waals surface area contributed by atoms with Gasteiger partial charge in [-0.2, -0.15) is 0 Å². The average molecular weight is 550 g/mol. The summed E-state index contributed by atoms with van der Waals surface area (Å²) in [5, 5.41) is 16.8. The predicted octanol–water partition coefficient (Wildman–Crippen LogP) is 4.72. The largest absolute Gasteiger partial charge is 0.390 e. The lowest BCUT2D eigenvalue weighted by molar-refractivity contribution is 0.0826. The number of carbonyl (C=O) groups excluding carboxylic acids is 2. The third kappa shape index (κ3) is 7.46. The second kappa shape index (κ2) is 13.2. The molecule has 0 aliphatic rings. The van der Waals surface area contributed by atoms with Crippen LogP contribution in [-0.4, -0.2) is 40.5 Å². The number of aryl methyl sites for hydroxylation is 1. The smallest absolute Gasteiger partial charge is 0.268 e. The maximum Gasteiger partial charge on any atom is 0.268 e. The Balaban J connectivity index is 1.47. The molecule has 0 saturated heterocycles. The van der Waals surface area contributed by atoms with E-state index >= 15 is 0 Å². The van der Waals surface area contributed by atoms with E-state index in [1.165, 1.54) is 42.1 Å². The van der Waals surface area contributed by atoms with E-state index in [0.29, 0.717) is 6.54 Å². The van der Waals surface area contributed by atoms with Crippen LogP contribution in [0.5, 0.6) is 0 Å². The number of hydrogen-bond acceptors (Lipinski definition) is 4. The molecule has 208 valence electrons. The van der Waals surface area contributed by atoms with Crippen molar-refractivity contribution in [1.29, 1.82) is 0 Å². The summed E-state index contributed by atoms with van der Waals surface area (Å²) >= 11 is 0. The van der Waals surface area contributed by atoms with E-state index in [2.05, 4.69) is 28.6 Å². The zero-order valence-corrected chi connectivity index (χ0v) is 21.9. The molecule has 0 spiro atoms. The van der Waals surface area contributed by atoms with E-state index < -0.39 is 41.3 Å². The molecule has 0 aliphatic heterocycles. The van der Waals surface area contributed by atoms with Gasteiger partial charge in [-0.3, -0.25) is 9.59 Å². The fraction of sp³-hybridized carbons (Fsp3) is 0.226. The monoisotopic (exact) mass is 549 g/mol. The zero-order chi connectivity index (χ0) is 28.6. The Morgan fingerprint density at radius 2 is 1.62 bits per heavy atom. The van der Waals surface area contributed by atoms with Crippen LogP contribution in [0.1, 0.15) is 50.0 Å². The van der Waals surface area contributed by atoms with Crippen molar-refractivity contribution in [2.75, 3.05) is 6.54 Å². The fourth-order valence-corrected chi connectivity index (χ4v) is 4.44. The van der Waals surface area contributed by atoms with Crippen molar-refractivity contribution in [1.82, 2.24) is 15.6 Å². The first-order chi connectivity index (χ1) is 19.2. The number of aromatic nitrogens is 1. The lowest BCUT2D eigenvalue weighted by atomic mass is 10.00. The van der Waals surface area contributed by atoms with Crippen molar-refractivity contribution < 1.29 is 27.9 Å². The van der Waals surface area contributed by atoms with Gasteiger partial charge in [-0.15, -0.1) is 0 Å². The third-order valence-corrected chi connectivity index (χ3v) is 6.55. The number of aliphatic hydroxyl groups is 1. The second-order valence-corrected chi connectivity index (χ2v) is 9.54. The van der Waals surface area contributed by atoms with E-state index in [1.807, 2.05) is 18.2 Å². The summed E-state index contributed by atoms with van der Waals surface area (Å²) in [6.07, 6.45) is 1.000. The second-order valence-electron chi connectivity index (χ2n) is 9.54. The molecule has 9 heteroatoms. The molecule has 0 unspecified atom stereocenters. The number of nitrogens with one attached hydrogen (secondary N) is 3. The van der Waals surface area contributed by atoms with Gasteiger partial charge in [0.2, 0.25) is 0 Å². The molecular formula is C31H30F3N3O3. The lowest BCUT2D eigenvalue weighted by Crippen LogP contribution is -2.48. The Kier molecular flexibility index (Phi) is 9.52. The van der Waals surface area contributed by atoms with Crippen LogP contribution in [0, 0.1) is 17.5 Å². The van der Waals surface area contributed by atoms with Gasteiger partial charge in [0.15, 0.2) is 5.78 Å². The number of ketones is 1. The summed E-state index contributed by atoms with van der Waals surface area (Å²) in [4.78, 5) is 28.5. The van der Waals surface area contributed by atoms with Crippen LogP contribution in [0.3, 0.4) is 0 Å². The van der Waals surface area contributed by atoms with Gasteiger partial charge in [0.25, 0.3) is 5.91 Å². The summed E-state index contributed by atoms with van der Waals surface area (Å²) in [6, 6.07) is 16.9. The van der Waals surface area contributed by atoms with Crippen LogP contribution in [0.15, 0.2) is 79.0 Å². The van der Waals surface area contributed by atoms with Crippen molar-refractivity contribution in [2.24, 2.45) is 0 Å². The van der Waals surface area contributed by atoms with Gasteiger partial charge >= 0.3 is 0 Å². The van der Waals surface area contributed by atoms with Gasteiger partial charge in [-0.25, -0.2) is 13.2 Å². The van der Waals surface area contributed by atoms with Crippen LogP contribution in [0.4, 0.5) is 13.2 Å². The Labute approximate surface area is 230 Å². The highest BCUT2D eigenvalue weighted by molar-refractivity contribution is 6.10. The summed E-state index contributed by atoms with van der Waals surface area (Å²) in [7, 11) is 0. The molecular weight excluding hydrogens is 519 g/mol. The number of hydrogen-bond donors (Lipinski definition) is 4. The van der Waals surface area contributed by atoms with E-state index in [1.54, 1.807) is 0 Å². The molecule has 2 atom stereocenters. The molecule has 1 aromatic heterocycles. The van der Waals surface area contributed by atoms with Crippen molar-refractivity contribution in [3.8, 4) is 0 Å². The van der Waals surface area contributed by atoms with Crippen LogP contribution < -0.4 is 10.6 Å². The molecule has 0 fully saturated rings. The van der Waals surface area contributed by atoms with Crippen molar-refractivity contribution in [3.05, 3.63) is 130 Å². The first-order valence-electron chi connectivity index (χ1n) is 12.9. The highest BCUT2D eigenvalue weighted by atomic mass is 19.1. The number of carbonyl (C=O) groups is 2. The number of H-pyrrole nitrogens is 1. The first kappa shape index (κ1) is 28.8. The maximum absolute atomic E-state index is 14.1. The fourth-order valence-electron chi connectivity index (χ4n) is 4.44. The maximum atomic E-state index is 14.1. The molecule has 1 amide bonds. The predicted molar refractivity (Wildman–Crippen MR) is 145 cm³/mol. The summed E-state index contributed by atoms with van der Waals surface area (Å²) in [5.74, 6) is -3.48. The van der Waals surface area contributed by atoms with Gasteiger partial charge < -0.3 is 20.7 Å². The van der Waals surface area contributed by atoms with Crippen LogP contribution in [-0.2, 0) is 19.4 Å². The summed E-state index contributed by atoms with van der Waals surface area (Å²) in [5.41, 5.74) is 2.40. The van der Waals surface area contributed by atoms with E-state index in [9.17, 15) is 27.9 Å². The van der Waals surface area contributed by atoms with Gasteiger partial charge in [0.05, 0.1) is 17.7 Å². The molecule has 3 aromatic carbocycles. The van der Waals surface area contributed by atoms with E-state index in [4.69, 9.17) is 0 Å². The minimum Gasteiger partial charge on any atom is -0.390 e. The lowest BCUT2D eigenvalue weighted by Gasteiger charge is -2.25. The molecule has 6 nitrogen and oxygen atoms in total. The minimum atomic E-state index is -1.13. The third-order valence-electron chi connectivity index (χ3n) is 6.55. The molecule has 1 heterocycles. The normalized spacial score (nSPS) is 12.6. The highest BCUT2D eigenvalue weighted by Crippen LogP contribution is 2.16. The Morgan fingerprint density at radius 3 is 2.35 bits per heavy atom. The average Bonchev–Trinajstić information content (AvgIpc) is 3.43. The molecule has 40 heavy (non-hydrogen) atoms. The van der Waals surface area contributed by atoms with Gasteiger partial charge in [-0.1, -0.05) is 43.3 Å². The number of aliphatic hydroxyl groups excluding tert-OH is 1.